The average molecular weight is 392 g/mol. The Morgan fingerprint density at radius 3 is 2.64 bits per heavy atom. The first-order valence-electron chi connectivity index (χ1n) is 8.29. The summed E-state index contributed by atoms with van der Waals surface area (Å²) in [5, 5.41) is 11.7. The van der Waals surface area contributed by atoms with Gasteiger partial charge in [0, 0.05) is 24.5 Å². The van der Waals surface area contributed by atoms with Crippen LogP contribution in [0.4, 0.5) is 5.69 Å². The number of pyridine rings is 1. The third kappa shape index (κ3) is 4.59. The molecule has 0 spiro atoms. The molecule has 1 heterocycles. The molecule has 0 bridgehead atoms. The maximum atomic E-state index is 12.5. The number of carbonyl (C=O) groups is 1. The number of nitrogens with zero attached hydrogens (tertiary/aromatic N) is 2. The lowest BCUT2D eigenvalue weighted by Crippen LogP contribution is -2.24. The Labute approximate surface area is 162 Å². The number of hydrogen-bond acceptors (Lipinski definition) is 5. The topological polar surface area (TPSA) is 112 Å². The van der Waals surface area contributed by atoms with Crippen molar-refractivity contribution in [3.8, 4) is 6.07 Å². The van der Waals surface area contributed by atoms with E-state index in [0.29, 0.717) is 16.8 Å². The van der Waals surface area contributed by atoms with Crippen molar-refractivity contribution < 1.29 is 13.2 Å². The first kappa shape index (κ1) is 19.2. The van der Waals surface area contributed by atoms with E-state index in [1.54, 1.807) is 48.8 Å². The number of rotatable bonds is 6. The zero-order valence-corrected chi connectivity index (χ0v) is 15.5. The third-order valence-corrected chi connectivity index (χ3v) is 5.29. The number of sulfonamides is 1. The molecule has 0 aliphatic rings. The van der Waals surface area contributed by atoms with Gasteiger partial charge in [0.05, 0.1) is 16.1 Å². The van der Waals surface area contributed by atoms with E-state index in [1.165, 1.54) is 24.3 Å². The van der Waals surface area contributed by atoms with Gasteiger partial charge in [-0.2, -0.15) is 5.26 Å². The van der Waals surface area contributed by atoms with Crippen LogP contribution in [-0.4, -0.2) is 19.3 Å². The lowest BCUT2D eigenvalue weighted by atomic mass is 10.1. The Morgan fingerprint density at radius 1 is 1.07 bits per heavy atom. The van der Waals surface area contributed by atoms with Crippen molar-refractivity contribution in [2.75, 3.05) is 5.32 Å². The highest BCUT2D eigenvalue weighted by Gasteiger charge is 2.17. The van der Waals surface area contributed by atoms with Gasteiger partial charge in [-0.05, 0) is 42.0 Å². The van der Waals surface area contributed by atoms with Gasteiger partial charge < -0.3 is 5.32 Å². The van der Waals surface area contributed by atoms with Crippen LogP contribution < -0.4 is 10.0 Å². The molecule has 0 radical (unpaired) electrons. The molecule has 0 saturated heterocycles. The van der Waals surface area contributed by atoms with Crippen LogP contribution in [0, 0.1) is 11.3 Å². The van der Waals surface area contributed by atoms with Gasteiger partial charge in [-0.3, -0.25) is 9.78 Å². The van der Waals surface area contributed by atoms with Crippen LogP contribution in [0.15, 0.2) is 78.0 Å². The van der Waals surface area contributed by atoms with E-state index in [0.717, 1.165) is 0 Å². The third-order valence-electron chi connectivity index (χ3n) is 3.89. The highest BCUT2D eigenvalue weighted by Crippen LogP contribution is 2.17. The normalized spacial score (nSPS) is 10.8. The molecule has 0 unspecified atom stereocenters. The molecule has 0 atom stereocenters. The van der Waals surface area contributed by atoms with Gasteiger partial charge >= 0.3 is 0 Å². The number of aromatic nitrogens is 1. The lowest BCUT2D eigenvalue weighted by Gasteiger charge is -2.10. The summed E-state index contributed by atoms with van der Waals surface area (Å²) in [6.07, 6.45) is 3.17. The molecule has 3 aromatic rings. The van der Waals surface area contributed by atoms with Crippen molar-refractivity contribution in [1.82, 2.24) is 9.71 Å². The second kappa shape index (κ2) is 8.43. The van der Waals surface area contributed by atoms with E-state index in [1.807, 2.05) is 6.07 Å². The second-order valence-electron chi connectivity index (χ2n) is 5.83. The van der Waals surface area contributed by atoms with Gasteiger partial charge in [-0.25, -0.2) is 13.1 Å². The Morgan fingerprint density at radius 2 is 1.89 bits per heavy atom. The minimum atomic E-state index is -3.81. The molecule has 1 aromatic heterocycles. The molecule has 28 heavy (non-hydrogen) atoms. The molecule has 3 rings (SSSR count). The number of nitriles is 1. The number of anilines is 1. The molecule has 7 nitrogen and oxygen atoms in total. The molecule has 1 amide bonds. The van der Waals surface area contributed by atoms with Gasteiger partial charge in [0.1, 0.15) is 6.07 Å². The van der Waals surface area contributed by atoms with Crippen molar-refractivity contribution in [2.24, 2.45) is 0 Å². The van der Waals surface area contributed by atoms with Gasteiger partial charge in [-0.1, -0.05) is 24.3 Å². The van der Waals surface area contributed by atoms with E-state index in [9.17, 15) is 13.2 Å². The molecule has 8 heteroatoms. The molecule has 0 aliphatic heterocycles. The van der Waals surface area contributed by atoms with Crippen molar-refractivity contribution in [3.05, 3.63) is 89.7 Å². The monoisotopic (exact) mass is 392 g/mol. The molecule has 2 aromatic carbocycles. The van der Waals surface area contributed by atoms with Crippen molar-refractivity contribution in [2.45, 2.75) is 11.4 Å². The van der Waals surface area contributed by atoms with Crippen LogP contribution in [0.2, 0.25) is 0 Å². The molecule has 2 N–H and O–H groups in total. The summed E-state index contributed by atoms with van der Waals surface area (Å²) in [6, 6.07) is 17.7. The Bertz CT molecular complexity index is 1140. The second-order valence-corrected chi connectivity index (χ2v) is 7.59. The van der Waals surface area contributed by atoms with Crippen molar-refractivity contribution in [1.29, 1.82) is 5.26 Å². The Hall–Kier alpha value is -3.54. The predicted molar refractivity (Wildman–Crippen MR) is 104 cm³/mol. The average Bonchev–Trinajstić information content (AvgIpc) is 2.73. The highest BCUT2D eigenvalue weighted by molar-refractivity contribution is 7.89. The summed E-state index contributed by atoms with van der Waals surface area (Å²) < 4.78 is 27.5. The highest BCUT2D eigenvalue weighted by atomic mass is 32.2. The fourth-order valence-electron chi connectivity index (χ4n) is 2.45. The van der Waals surface area contributed by atoms with Crippen LogP contribution in [0.3, 0.4) is 0 Å². The maximum Gasteiger partial charge on any atom is 0.255 e. The van der Waals surface area contributed by atoms with E-state index < -0.39 is 15.9 Å². The summed E-state index contributed by atoms with van der Waals surface area (Å²) in [5.74, 6) is -0.507. The van der Waals surface area contributed by atoms with E-state index in [-0.39, 0.29) is 17.0 Å². The summed E-state index contributed by atoms with van der Waals surface area (Å²) in [4.78, 5) is 16.4. The zero-order chi connectivity index (χ0) is 20.0. The van der Waals surface area contributed by atoms with E-state index >= 15 is 0 Å². The number of nitrogens with one attached hydrogen (secondary N) is 2. The smallest absolute Gasteiger partial charge is 0.255 e. The fourth-order valence-corrected chi connectivity index (χ4v) is 3.52. The molecule has 0 aliphatic carbocycles. The van der Waals surface area contributed by atoms with Gasteiger partial charge in [-0.15, -0.1) is 0 Å². The quantitative estimate of drug-likeness (QED) is 0.670. The standard InChI is InChI=1S/C20H16N4O3S/c21-12-17-6-1-2-9-19(17)24-20(25)16-7-3-8-18(11-16)28(26,27)23-14-15-5-4-10-22-13-15/h1-11,13,23H,14H2,(H,24,25). The number of amides is 1. The Kier molecular flexibility index (Phi) is 5.79. The van der Waals surface area contributed by atoms with Crippen LogP contribution >= 0.6 is 0 Å². The molecule has 0 saturated carbocycles. The van der Waals surface area contributed by atoms with Gasteiger partial charge in [0.25, 0.3) is 5.91 Å². The molecule has 140 valence electrons. The van der Waals surface area contributed by atoms with Crippen LogP contribution in [-0.2, 0) is 16.6 Å². The first-order valence-corrected chi connectivity index (χ1v) is 9.77. The maximum absolute atomic E-state index is 12.5. The lowest BCUT2D eigenvalue weighted by molar-refractivity contribution is 0.102. The molecular weight excluding hydrogens is 376 g/mol. The Balaban J connectivity index is 1.77. The van der Waals surface area contributed by atoms with Crippen molar-refractivity contribution in [3.63, 3.8) is 0 Å². The van der Waals surface area contributed by atoms with Crippen molar-refractivity contribution >= 4 is 21.6 Å². The van der Waals surface area contributed by atoms with Crippen LogP contribution in [0.1, 0.15) is 21.5 Å². The fraction of sp³-hybridized carbons (Fsp3) is 0.0500. The molecule has 0 fully saturated rings. The van der Waals surface area contributed by atoms with Crippen LogP contribution in [0.25, 0.3) is 0 Å². The number of hydrogen-bond donors (Lipinski definition) is 2. The van der Waals surface area contributed by atoms with Gasteiger partial charge in [0.2, 0.25) is 10.0 Å². The SMILES string of the molecule is N#Cc1ccccc1NC(=O)c1cccc(S(=O)(=O)NCc2cccnc2)c1. The van der Waals surface area contributed by atoms with E-state index in [4.69, 9.17) is 5.26 Å². The zero-order valence-electron chi connectivity index (χ0n) is 14.7. The summed E-state index contributed by atoms with van der Waals surface area (Å²) >= 11 is 0. The molecular formula is C20H16N4O3S. The summed E-state index contributed by atoms with van der Waals surface area (Å²) in [5.41, 5.74) is 1.56. The number of benzene rings is 2. The summed E-state index contributed by atoms with van der Waals surface area (Å²) in [7, 11) is -3.81. The van der Waals surface area contributed by atoms with E-state index in [2.05, 4.69) is 15.0 Å². The number of carbonyl (C=O) groups excluding carboxylic acids is 1. The first-order chi connectivity index (χ1) is 13.5. The summed E-state index contributed by atoms with van der Waals surface area (Å²) in [6.45, 7) is 0.0855. The predicted octanol–water partition coefficient (Wildman–Crippen LogP) is 2.68. The number of para-hydroxylation sites is 1. The minimum absolute atomic E-state index is 0.0300. The largest absolute Gasteiger partial charge is 0.321 e. The van der Waals surface area contributed by atoms with Crippen LogP contribution in [0.5, 0.6) is 0 Å². The van der Waals surface area contributed by atoms with Gasteiger partial charge in [0.15, 0.2) is 0 Å². The minimum Gasteiger partial charge on any atom is -0.321 e.